The van der Waals surface area contributed by atoms with E-state index in [0.717, 1.165) is 10.9 Å². The molecule has 2 unspecified atom stereocenters. The predicted molar refractivity (Wildman–Crippen MR) is 57.1 cm³/mol. The highest BCUT2D eigenvalue weighted by atomic mass is 79.9. The average molecular weight is 266 g/mol. The largest absolute Gasteiger partial charge is 0.228 e. The average Bonchev–Trinajstić information content (AvgIpc) is 2.01. The summed E-state index contributed by atoms with van der Waals surface area (Å²) >= 11 is 3.31. The topological polar surface area (TPSA) is 60.2 Å². The third-order valence-electron chi connectivity index (χ3n) is 2.03. The first-order valence-electron chi connectivity index (χ1n) is 3.91. The van der Waals surface area contributed by atoms with Gasteiger partial charge in [0.05, 0.1) is 5.25 Å². The number of allylic oxidation sites excluding steroid dienone is 3. The van der Waals surface area contributed by atoms with E-state index in [9.17, 15) is 8.42 Å². The normalized spacial score (nSPS) is 28.7. The maximum atomic E-state index is 11.1. The second kappa shape index (κ2) is 3.94. The molecule has 2 N–H and O–H groups in total. The lowest BCUT2D eigenvalue weighted by Crippen LogP contribution is -2.33. The molecule has 1 aliphatic carbocycles. The van der Waals surface area contributed by atoms with Crippen LogP contribution in [-0.2, 0) is 10.0 Å². The summed E-state index contributed by atoms with van der Waals surface area (Å²) in [6.07, 6.45) is 5.37. The van der Waals surface area contributed by atoms with Crippen molar-refractivity contribution in [2.24, 2.45) is 11.1 Å². The first-order valence-corrected chi connectivity index (χ1v) is 6.64. The van der Waals surface area contributed by atoms with Crippen LogP contribution < -0.4 is 5.14 Å². The van der Waals surface area contributed by atoms with E-state index < -0.39 is 15.3 Å². The molecule has 0 saturated carbocycles. The number of nitrogens with two attached hydrogens (primary N) is 1. The van der Waals surface area contributed by atoms with Crippen molar-refractivity contribution >= 4 is 26.0 Å². The van der Waals surface area contributed by atoms with Gasteiger partial charge in [0, 0.05) is 5.33 Å². The third-order valence-corrected chi connectivity index (χ3v) is 4.02. The van der Waals surface area contributed by atoms with E-state index in [1.807, 2.05) is 13.0 Å². The molecule has 74 valence electrons. The Bertz CT molecular complexity index is 345. The molecule has 0 saturated heterocycles. The van der Waals surface area contributed by atoms with Crippen molar-refractivity contribution in [1.29, 1.82) is 0 Å². The molecule has 0 spiro atoms. The third kappa shape index (κ3) is 2.65. The number of hydrogen-bond donors (Lipinski definition) is 1. The van der Waals surface area contributed by atoms with E-state index >= 15 is 0 Å². The fraction of sp³-hybridized carbons (Fsp3) is 0.500. The van der Waals surface area contributed by atoms with E-state index in [0.29, 0.717) is 0 Å². The zero-order chi connectivity index (χ0) is 10.1. The standard InChI is InChI=1S/C8H12BrNO2S/c1-6-4-7(5-9)2-3-8(6)13(10,11)12/h2-4,6,8H,5H2,1H3,(H2,10,11,12). The van der Waals surface area contributed by atoms with Crippen molar-refractivity contribution in [1.82, 2.24) is 0 Å². The minimum absolute atomic E-state index is 0.0486. The van der Waals surface area contributed by atoms with Crippen LogP contribution in [-0.4, -0.2) is 19.0 Å². The van der Waals surface area contributed by atoms with Crippen molar-refractivity contribution in [2.45, 2.75) is 12.2 Å². The summed E-state index contributed by atoms with van der Waals surface area (Å²) in [5.74, 6) is -0.0486. The van der Waals surface area contributed by atoms with E-state index in [-0.39, 0.29) is 5.92 Å². The van der Waals surface area contributed by atoms with Gasteiger partial charge in [-0.25, -0.2) is 13.6 Å². The van der Waals surface area contributed by atoms with Gasteiger partial charge in [0.25, 0.3) is 0 Å². The molecular weight excluding hydrogens is 254 g/mol. The molecule has 0 fully saturated rings. The lowest BCUT2D eigenvalue weighted by Gasteiger charge is -2.20. The second-order valence-electron chi connectivity index (χ2n) is 3.15. The molecule has 0 radical (unpaired) electrons. The van der Waals surface area contributed by atoms with E-state index in [4.69, 9.17) is 5.14 Å². The van der Waals surface area contributed by atoms with Gasteiger partial charge in [0.15, 0.2) is 0 Å². The summed E-state index contributed by atoms with van der Waals surface area (Å²) in [7, 11) is -3.45. The zero-order valence-electron chi connectivity index (χ0n) is 7.27. The Morgan fingerprint density at radius 1 is 1.62 bits per heavy atom. The molecule has 5 heteroatoms. The summed E-state index contributed by atoms with van der Waals surface area (Å²) in [6, 6.07) is 0. The Kier molecular flexibility index (Phi) is 3.32. The van der Waals surface area contributed by atoms with Crippen LogP contribution >= 0.6 is 15.9 Å². The maximum Gasteiger partial charge on any atom is 0.216 e. The highest BCUT2D eigenvalue weighted by Gasteiger charge is 2.26. The van der Waals surface area contributed by atoms with Crippen LogP contribution in [0.1, 0.15) is 6.92 Å². The van der Waals surface area contributed by atoms with Gasteiger partial charge < -0.3 is 0 Å². The van der Waals surface area contributed by atoms with Gasteiger partial charge in [-0.2, -0.15) is 0 Å². The van der Waals surface area contributed by atoms with Gasteiger partial charge in [0.2, 0.25) is 10.0 Å². The Hall–Kier alpha value is -0.130. The van der Waals surface area contributed by atoms with Gasteiger partial charge in [-0.3, -0.25) is 0 Å². The Morgan fingerprint density at radius 3 is 2.62 bits per heavy atom. The number of hydrogen-bond acceptors (Lipinski definition) is 2. The van der Waals surface area contributed by atoms with Crippen LogP contribution in [0.25, 0.3) is 0 Å². The van der Waals surface area contributed by atoms with Crippen LogP contribution in [0.2, 0.25) is 0 Å². The molecule has 13 heavy (non-hydrogen) atoms. The highest BCUT2D eigenvalue weighted by molar-refractivity contribution is 9.09. The predicted octanol–water partition coefficient (Wildman–Crippen LogP) is 1.17. The van der Waals surface area contributed by atoms with Gasteiger partial charge in [-0.05, 0) is 11.5 Å². The number of sulfonamides is 1. The summed E-state index contributed by atoms with van der Waals surface area (Å²) in [5, 5.41) is 5.23. The van der Waals surface area contributed by atoms with Crippen LogP contribution in [0.15, 0.2) is 23.8 Å². The van der Waals surface area contributed by atoms with E-state index in [1.54, 1.807) is 12.2 Å². The lowest BCUT2D eigenvalue weighted by atomic mass is 9.98. The highest BCUT2D eigenvalue weighted by Crippen LogP contribution is 2.22. The Morgan fingerprint density at radius 2 is 2.23 bits per heavy atom. The van der Waals surface area contributed by atoms with Crippen molar-refractivity contribution in [3.63, 3.8) is 0 Å². The van der Waals surface area contributed by atoms with E-state index in [2.05, 4.69) is 15.9 Å². The summed E-state index contributed by atoms with van der Waals surface area (Å²) in [6.45, 7) is 1.85. The number of alkyl halides is 1. The van der Waals surface area contributed by atoms with Gasteiger partial charge >= 0.3 is 0 Å². The Labute approximate surface area is 86.9 Å². The molecule has 0 amide bonds. The van der Waals surface area contributed by atoms with Crippen molar-refractivity contribution in [3.05, 3.63) is 23.8 Å². The summed E-state index contributed by atoms with van der Waals surface area (Å²) in [5.41, 5.74) is 1.09. The number of halogens is 1. The van der Waals surface area contributed by atoms with Crippen molar-refractivity contribution < 1.29 is 8.42 Å². The van der Waals surface area contributed by atoms with Crippen LogP contribution in [0.5, 0.6) is 0 Å². The molecule has 0 aliphatic heterocycles. The lowest BCUT2D eigenvalue weighted by molar-refractivity contribution is 0.573. The molecule has 1 rings (SSSR count). The van der Waals surface area contributed by atoms with Crippen molar-refractivity contribution in [3.8, 4) is 0 Å². The monoisotopic (exact) mass is 265 g/mol. The van der Waals surface area contributed by atoms with Gasteiger partial charge in [0.1, 0.15) is 0 Å². The quantitative estimate of drug-likeness (QED) is 0.763. The van der Waals surface area contributed by atoms with Crippen molar-refractivity contribution in [2.75, 3.05) is 5.33 Å². The molecule has 1 aliphatic rings. The molecule has 0 bridgehead atoms. The Balaban J connectivity index is 2.90. The van der Waals surface area contributed by atoms with Gasteiger partial charge in [-0.15, -0.1) is 0 Å². The van der Waals surface area contributed by atoms with Crippen LogP contribution in [0.4, 0.5) is 0 Å². The maximum absolute atomic E-state index is 11.1. The molecule has 0 aromatic heterocycles. The molecule has 0 aromatic rings. The molecular formula is C8H12BrNO2S. The fourth-order valence-corrected chi connectivity index (χ4v) is 2.73. The number of rotatable bonds is 2. The number of primary sulfonamides is 1. The molecule has 3 nitrogen and oxygen atoms in total. The second-order valence-corrected chi connectivity index (χ2v) is 5.43. The van der Waals surface area contributed by atoms with E-state index in [1.165, 1.54) is 0 Å². The fourth-order valence-electron chi connectivity index (χ4n) is 1.38. The zero-order valence-corrected chi connectivity index (χ0v) is 9.68. The minimum Gasteiger partial charge on any atom is -0.228 e. The molecule has 2 atom stereocenters. The summed E-state index contributed by atoms with van der Waals surface area (Å²) in [4.78, 5) is 0. The SMILES string of the molecule is CC1C=C(CBr)C=CC1S(N)(=O)=O. The van der Waals surface area contributed by atoms with Gasteiger partial charge in [-0.1, -0.05) is 41.1 Å². The minimum atomic E-state index is -3.45. The first kappa shape index (κ1) is 10.9. The molecule has 0 aromatic carbocycles. The summed E-state index contributed by atoms with van der Waals surface area (Å²) < 4.78 is 22.2. The smallest absolute Gasteiger partial charge is 0.216 e. The van der Waals surface area contributed by atoms with Crippen LogP contribution in [0, 0.1) is 5.92 Å². The van der Waals surface area contributed by atoms with Crippen LogP contribution in [0.3, 0.4) is 0 Å². The molecule has 0 heterocycles. The first-order chi connectivity index (χ1) is 5.95.